The molecule has 0 aliphatic rings. The molecule has 0 saturated heterocycles. The number of rotatable bonds is 6. The van der Waals surface area contributed by atoms with Crippen LogP contribution in [0.1, 0.15) is 32.4 Å². The number of phenols is 2. The van der Waals surface area contributed by atoms with Gasteiger partial charge in [-0.1, -0.05) is 54.6 Å². The van der Waals surface area contributed by atoms with E-state index < -0.39 is 18.0 Å². The Bertz CT molecular complexity index is 971. The monoisotopic (exact) mass is 377 g/mol. The molecule has 1 unspecified atom stereocenters. The lowest BCUT2D eigenvalue weighted by atomic mass is 10.1. The number of hydrogen-bond donors (Lipinski definition) is 3. The van der Waals surface area contributed by atoms with Crippen molar-refractivity contribution in [2.75, 3.05) is 6.54 Å². The fourth-order valence-electron chi connectivity index (χ4n) is 2.68. The molecule has 0 aliphatic carbocycles. The van der Waals surface area contributed by atoms with E-state index in [9.17, 15) is 19.8 Å². The van der Waals surface area contributed by atoms with Gasteiger partial charge in [-0.3, -0.25) is 4.79 Å². The van der Waals surface area contributed by atoms with E-state index >= 15 is 0 Å². The van der Waals surface area contributed by atoms with Gasteiger partial charge in [0.2, 0.25) is 0 Å². The van der Waals surface area contributed by atoms with Gasteiger partial charge in [0.05, 0.1) is 12.1 Å². The number of nitrogens with one attached hydrogen (secondary N) is 1. The molecule has 0 radical (unpaired) electrons. The molecule has 28 heavy (non-hydrogen) atoms. The normalized spacial score (nSPS) is 11.4. The number of para-hydroxylation sites is 2. The Kier molecular flexibility index (Phi) is 5.91. The molecular formula is C22H19NO5. The molecule has 0 spiro atoms. The van der Waals surface area contributed by atoms with Crippen LogP contribution in [0.15, 0.2) is 78.9 Å². The first kappa shape index (κ1) is 19.0. The van der Waals surface area contributed by atoms with Crippen LogP contribution >= 0.6 is 0 Å². The third-order valence-corrected chi connectivity index (χ3v) is 4.14. The number of amides is 1. The molecule has 1 amide bonds. The molecular weight excluding hydrogens is 358 g/mol. The molecule has 6 heteroatoms. The highest BCUT2D eigenvalue weighted by atomic mass is 16.5. The van der Waals surface area contributed by atoms with E-state index in [2.05, 4.69) is 5.32 Å². The zero-order chi connectivity index (χ0) is 19.9. The van der Waals surface area contributed by atoms with Crippen LogP contribution in [-0.4, -0.2) is 28.6 Å². The first-order valence-electron chi connectivity index (χ1n) is 8.66. The van der Waals surface area contributed by atoms with Gasteiger partial charge in [0.25, 0.3) is 5.91 Å². The molecule has 142 valence electrons. The van der Waals surface area contributed by atoms with Crippen LogP contribution in [0.2, 0.25) is 0 Å². The lowest BCUT2D eigenvalue weighted by molar-refractivity contribution is 0.0290. The molecule has 3 aromatic rings. The SMILES string of the molecule is O=C(NCC(OC(=O)c1ccccc1O)c1ccccc1)c1ccccc1O. The number of esters is 1. The van der Waals surface area contributed by atoms with Crippen molar-refractivity contribution in [2.45, 2.75) is 6.10 Å². The third kappa shape index (κ3) is 4.48. The van der Waals surface area contributed by atoms with Crippen LogP contribution in [0.3, 0.4) is 0 Å². The summed E-state index contributed by atoms with van der Waals surface area (Å²) in [7, 11) is 0. The Hall–Kier alpha value is -3.80. The molecule has 0 heterocycles. The summed E-state index contributed by atoms with van der Waals surface area (Å²) >= 11 is 0. The summed E-state index contributed by atoms with van der Waals surface area (Å²) in [6.45, 7) is -0.00346. The number of ether oxygens (including phenoxy) is 1. The second-order valence-electron chi connectivity index (χ2n) is 6.05. The molecule has 1 atom stereocenters. The Labute approximate surface area is 162 Å². The lowest BCUT2D eigenvalue weighted by Crippen LogP contribution is -2.30. The fourth-order valence-corrected chi connectivity index (χ4v) is 2.68. The number of carbonyl (C=O) groups excluding carboxylic acids is 2. The number of benzene rings is 3. The molecule has 6 nitrogen and oxygen atoms in total. The Morgan fingerprint density at radius 2 is 1.32 bits per heavy atom. The topological polar surface area (TPSA) is 95.9 Å². The van der Waals surface area contributed by atoms with Gasteiger partial charge in [0, 0.05) is 0 Å². The first-order valence-corrected chi connectivity index (χ1v) is 8.66. The maximum absolute atomic E-state index is 12.5. The van der Waals surface area contributed by atoms with Crippen molar-refractivity contribution >= 4 is 11.9 Å². The van der Waals surface area contributed by atoms with Crippen molar-refractivity contribution in [2.24, 2.45) is 0 Å². The van der Waals surface area contributed by atoms with Crippen molar-refractivity contribution in [1.29, 1.82) is 0 Å². The number of carbonyl (C=O) groups is 2. The Balaban J connectivity index is 1.77. The second-order valence-corrected chi connectivity index (χ2v) is 6.05. The van der Waals surface area contributed by atoms with E-state index in [1.54, 1.807) is 48.5 Å². The molecule has 0 fully saturated rings. The summed E-state index contributed by atoms with van der Waals surface area (Å²) in [6.07, 6.45) is -0.775. The largest absolute Gasteiger partial charge is 0.507 e. The first-order chi connectivity index (χ1) is 13.6. The highest BCUT2D eigenvalue weighted by Crippen LogP contribution is 2.23. The van der Waals surface area contributed by atoms with Gasteiger partial charge in [-0.2, -0.15) is 0 Å². The molecule has 3 rings (SSSR count). The molecule has 0 aliphatic heterocycles. The molecule has 0 aromatic heterocycles. The second kappa shape index (κ2) is 8.73. The number of hydrogen-bond acceptors (Lipinski definition) is 5. The standard InChI is InChI=1S/C22H19NO5/c24-18-12-6-4-10-16(18)21(26)23-14-20(15-8-2-1-3-9-15)28-22(27)17-11-5-7-13-19(17)25/h1-13,20,24-25H,14H2,(H,23,26). The van der Waals surface area contributed by atoms with Crippen LogP contribution in [0.4, 0.5) is 0 Å². The average Bonchev–Trinajstić information content (AvgIpc) is 2.72. The average molecular weight is 377 g/mol. The summed E-state index contributed by atoms with van der Waals surface area (Å²) < 4.78 is 5.54. The minimum atomic E-state index is -0.775. The molecule has 0 bridgehead atoms. The van der Waals surface area contributed by atoms with Crippen molar-refractivity contribution < 1.29 is 24.5 Å². The summed E-state index contributed by atoms with van der Waals surface area (Å²) in [4.78, 5) is 24.8. The van der Waals surface area contributed by atoms with E-state index in [-0.39, 0.29) is 29.2 Å². The lowest BCUT2D eigenvalue weighted by Gasteiger charge is -2.19. The minimum Gasteiger partial charge on any atom is -0.507 e. The summed E-state index contributed by atoms with van der Waals surface area (Å²) in [5.74, 6) is -1.51. The van der Waals surface area contributed by atoms with E-state index in [1.807, 2.05) is 6.07 Å². The summed E-state index contributed by atoms with van der Waals surface area (Å²) in [5, 5.41) is 22.3. The van der Waals surface area contributed by atoms with Gasteiger partial charge in [-0.25, -0.2) is 4.79 Å². The Morgan fingerprint density at radius 3 is 1.93 bits per heavy atom. The highest BCUT2D eigenvalue weighted by Gasteiger charge is 2.21. The van der Waals surface area contributed by atoms with Crippen LogP contribution in [0.5, 0.6) is 11.5 Å². The summed E-state index contributed by atoms with van der Waals surface area (Å²) in [6, 6.07) is 21.2. The fraction of sp³-hybridized carbons (Fsp3) is 0.0909. The predicted molar refractivity (Wildman–Crippen MR) is 103 cm³/mol. The van der Waals surface area contributed by atoms with Crippen molar-refractivity contribution in [3.63, 3.8) is 0 Å². The van der Waals surface area contributed by atoms with E-state index in [0.29, 0.717) is 5.56 Å². The molecule has 3 N–H and O–H groups in total. The Morgan fingerprint density at radius 1 is 0.786 bits per heavy atom. The summed E-state index contributed by atoms with van der Waals surface area (Å²) in [5.41, 5.74) is 0.848. The highest BCUT2D eigenvalue weighted by molar-refractivity contribution is 5.96. The van der Waals surface area contributed by atoms with Crippen molar-refractivity contribution in [1.82, 2.24) is 5.32 Å². The van der Waals surface area contributed by atoms with Gasteiger partial charge in [-0.05, 0) is 29.8 Å². The van der Waals surface area contributed by atoms with Gasteiger partial charge < -0.3 is 20.3 Å². The quantitative estimate of drug-likeness (QED) is 0.572. The van der Waals surface area contributed by atoms with E-state index in [0.717, 1.165) is 0 Å². The van der Waals surface area contributed by atoms with Gasteiger partial charge in [-0.15, -0.1) is 0 Å². The number of aromatic hydroxyl groups is 2. The minimum absolute atomic E-state index is 0.00346. The third-order valence-electron chi connectivity index (χ3n) is 4.14. The van der Waals surface area contributed by atoms with Gasteiger partial charge in [0.15, 0.2) is 0 Å². The van der Waals surface area contributed by atoms with Crippen LogP contribution in [-0.2, 0) is 4.74 Å². The van der Waals surface area contributed by atoms with E-state index in [4.69, 9.17) is 4.74 Å². The smallest absolute Gasteiger partial charge is 0.342 e. The van der Waals surface area contributed by atoms with Gasteiger partial charge >= 0.3 is 5.97 Å². The van der Waals surface area contributed by atoms with Crippen molar-refractivity contribution in [3.05, 3.63) is 95.6 Å². The van der Waals surface area contributed by atoms with Crippen LogP contribution in [0.25, 0.3) is 0 Å². The van der Waals surface area contributed by atoms with Crippen LogP contribution in [0, 0.1) is 0 Å². The maximum atomic E-state index is 12.5. The zero-order valence-electron chi connectivity index (χ0n) is 14.9. The predicted octanol–water partition coefficient (Wildman–Crippen LogP) is 3.43. The van der Waals surface area contributed by atoms with E-state index in [1.165, 1.54) is 24.3 Å². The van der Waals surface area contributed by atoms with Gasteiger partial charge in [0.1, 0.15) is 23.2 Å². The molecule has 3 aromatic carbocycles. The van der Waals surface area contributed by atoms with Crippen molar-refractivity contribution in [3.8, 4) is 11.5 Å². The molecule has 0 saturated carbocycles. The maximum Gasteiger partial charge on any atom is 0.342 e. The van der Waals surface area contributed by atoms with Crippen LogP contribution < -0.4 is 5.32 Å². The zero-order valence-corrected chi connectivity index (χ0v) is 14.9. The number of phenolic OH excluding ortho intramolecular Hbond substituents is 2.